The van der Waals surface area contributed by atoms with Crippen LogP contribution in [0.5, 0.6) is 0 Å². The van der Waals surface area contributed by atoms with E-state index in [1.807, 2.05) is 48.5 Å². The lowest BCUT2D eigenvalue weighted by atomic mass is 10.0. The van der Waals surface area contributed by atoms with Crippen molar-refractivity contribution in [3.8, 4) is 22.8 Å². The molecule has 0 aliphatic heterocycles. The Morgan fingerprint density at radius 3 is 2.09 bits per heavy atom. The number of hydrogen-bond acceptors (Lipinski definition) is 8. The second kappa shape index (κ2) is 8.50. The lowest BCUT2D eigenvalue weighted by Crippen LogP contribution is -2.18. The lowest BCUT2D eigenvalue weighted by Gasteiger charge is -2.20. The van der Waals surface area contributed by atoms with Crippen molar-refractivity contribution < 1.29 is 4.52 Å². The average Bonchev–Trinajstić information content (AvgIpc) is 3.33. The van der Waals surface area contributed by atoms with Crippen LogP contribution in [-0.4, -0.2) is 30.1 Å². The van der Waals surface area contributed by atoms with Crippen molar-refractivity contribution in [3.63, 3.8) is 0 Å². The van der Waals surface area contributed by atoms with Crippen molar-refractivity contribution in [2.24, 2.45) is 5.92 Å². The Morgan fingerprint density at radius 1 is 0.750 bits per heavy atom. The molecule has 1 atom stereocenters. The zero-order valence-corrected chi connectivity index (χ0v) is 17.7. The number of anilines is 1. The molecule has 0 saturated heterocycles. The van der Waals surface area contributed by atoms with Crippen molar-refractivity contribution in [3.05, 3.63) is 79.2 Å². The minimum atomic E-state index is -0.235. The Balaban J connectivity index is 1.55. The number of rotatable bonds is 6. The van der Waals surface area contributed by atoms with Crippen LogP contribution >= 0.6 is 0 Å². The van der Waals surface area contributed by atoms with E-state index < -0.39 is 0 Å². The second-order valence-electron chi connectivity index (χ2n) is 7.71. The van der Waals surface area contributed by atoms with Gasteiger partial charge in [0.1, 0.15) is 11.9 Å². The van der Waals surface area contributed by atoms with E-state index >= 15 is 0 Å². The fourth-order valence-corrected chi connectivity index (χ4v) is 3.46. The summed E-state index contributed by atoms with van der Waals surface area (Å²) < 4.78 is 5.65. The van der Waals surface area contributed by atoms with E-state index in [-0.39, 0.29) is 12.0 Å². The van der Waals surface area contributed by atoms with Crippen LogP contribution in [0.2, 0.25) is 0 Å². The van der Waals surface area contributed by atoms with E-state index in [1.54, 1.807) is 24.8 Å². The van der Waals surface area contributed by atoms with Gasteiger partial charge in [0.05, 0.1) is 5.52 Å². The topological polar surface area (TPSA) is 103 Å². The van der Waals surface area contributed by atoms with Gasteiger partial charge in [0.2, 0.25) is 11.7 Å². The molecule has 0 aliphatic carbocycles. The molecule has 1 unspecified atom stereocenters. The molecule has 0 fully saturated rings. The normalized spacial score (nSPS) is 12.2. The number of nitrogens with zero attached hydrogens (tertiary/aromatic N) is 6. The monoisotopic (exact) mass is 423 g/mol. The quantitative estimate of drug-likeness (QED) is 0.409. The SMILES string of the molecule is CC(C)C(Nc1nc(-c2ccncc2)nc2ccccc12)c1nc(-c2ccncc2)no1. The smallest absolute Gasteiger partial charge is 0.249 e. The number of para-hydroxylation sites is 1. The van der Waals surface area contributed by atoms with Gasteiger partial charge in [-0.15, -0.1) is 0 Å². The number of pyridine rings is 2. The molecule has 8 nitrogen and oxygen atoms in total. The summed E-state index contributed by atoms with van der Waals surface area (Å²) in [6, 6.07) is 15.2. The van der Waals surface area contributed by atoms with Gasteiger partial charge in [-0.05, 0) is 42.3 Å². The summed E-state index contributed by atoms with van der Waals surface area (Å²) >= 11 is 0. The van der Waals surface area contributed by atoms with Gasteiger partial charge in [-0.3, -0.25) is 9.97 Å². The summed E-state index contributed by atoms with van der Waals surface area (Å²) in [5.74, 6) is 2.53. The average molecular weight is 423 g/mol. The Kier molecular flexibility index (Phi) is 5.25. The van der Waals surface area contributed by atoms with E-state index in [0.29, 0.717) is 23.4 Å². The van der Waals surface area contributed by atoms with Crippen LogP contribution in [0.4, 0.5) is 5.82 Å². The van der Waals surface area contributed by atoms with E-state index in [4.69, 9.17) is 14.5 Å². The van der Waals surface area contributed by atoms with Crippen LogP contribution in [0.1, 0.15) is 25.8 Å². The molecule has 4 aromatic heterocycles. The molecule has 8 heteroatoms. The maximum atomic E-state index is 5.65. The molecule has 5 rings (SSSR count). The van der Waals surface area contributed by atoms with Gasteiger partial charge in [0.25, 0.3) is 0 Å². The predicted octanol–water partition coefficient (Wildman–Crippen LogP) is 4.95. The molecule has 32 heavy (non-hydrogen) atoms. The Labute approximate surface area is 184 Å². The Morgan fingerprint density at radius 2 is 1.41 bits per heavy atom. The van der Waals surface area contributed by atoms with Crippen molar-refractivity contribution in [1.29, 1.82) is 0 Å². The zero-order chi connectivity index (χ0) is 21.9. The third kappa shape index (κ3) is 3.90. The molecule has 158 valence electrons. The second-order valence-corrected chi connectivity index (χ2v) is 7.71. The molecule has 0 bridgehead atoms. The van der Waals surface area contributed by atoms with E-state index in [0.717, 1.165) is 22.0 Å². The molecule has 0 aliphatic rings. The number of hydrogen-bond donors (Lipinski definition) is 1. The van der Waals surface area contributed by atoms with Crippen LogP contribution in [0.3, 0.4) is 0 Å². The molecule has 1 N–H and O–H groups in total. The maximum Gasteiger partial charge on any atom is 0.249 e. The van der Waals surface area contributed by atoms with Gasteiger partial charge in [-0.1, -0.05) is 31.1 Å². The molecule has 5 aromatic rings. The summed E-state index contributed by atoms with van der Waals surface area (Å²) in [7, 11) is 0. The highest BCUT2D eigenvalue weighted by molar-refractivity contribution is 5.90. The van der Waals surface area contributed by atoms with Crippen LogP contribution < -0.4 is 5.32 Å². The molecular weight excluding hydrogens is 402 g/mol. The fraction of sp³-hybridized carbons (Fsp3) is 0.167. The van der Waals surface area contributed by atoms with Crippen molar-refractivity contribution >= 4 is 16.7 Å². The first-order chi connectivity index (χ1) is 15.7. The minimum Gasteiger partial charge on any atom is -0.358 e. The largest absolute Gasteiger partial charge is 0.358 e. The Bertz CT molecular complexity index is 1340. The summed E-state index contributed by atoms with van der Waals surface area (Å²) in [4.78, 5) is 22.3. The van der Waals surface area contributed by atoms with Gasteiger partial charge in [0, 0.05) is 41.3 Å². The minimum absolute atomic E-state index is 0.166. The summed E-state index contributed by atoms with van der Waals surface area (Å²) in [5, 5.41) is 8.62. The first-order valence-electron chi connectivity index (χ1n) is 10.4. The first kappa shape index (κ1) is 19.7. The summed E-state index contributed by atoms with van der Waals surface area (Å²) in [6.45, 7) is 4.20. The number of nitrogens with one attached hydrogen (secondary N) is 1. The van der Waals surface area contributed by atoms with Crippen molar-refractivity contribution in [1.82, 2.24) is 30.1 Å². The third-order valence-electron chi connectivity index (χ3n) is 5.15. The van der Waals surface area contributed by atoms with Crippen LogP contribution in [-0.2, 0) is 0 Å². The van der Waals surface area contributed by atoms with Crippen LogP contribution in [0, 0.1) is 5.92 Å². The molecule has 0 amide bonds. The zero-order valence-electron chi connectivity index (χ0n) is 17.7. The molecule has 1 aromatic carbocycles. The highest BCUT2D eigenvalue weighted by Gasteiger charge is 2.25. The predicted molar refractivity (Wildman–Crippen MR) is 121 cm³/mol. The van der Waals surface area contributed by atoms with Crippen LogP contribution in [0.25, 0.3) is 33.7 Å². The van der Waals surface area contributed by atoms with Gasteiger partial charge in [0.15, 0.2) is 5.82 Å². The third-order valence-corrected chi connectivity index (χ3v) is 5.15. The van der Waals surface area contributed by atoms with Crippen molar-refractivity contribution in [2.75, 3.05) is 5.32 Å². The van der Waals surface area contributed by atoms with Gasteiger partial charge >= 0.3 is 0 Å². The van der Waals surface area contributed by atoms with E-state index in [9.17, 15) is 0 Å². The highest BCUT2D eigenvalue weighted by atomic mass is 16.5. The molecule has 0 radical (unpaired) electrons. The van der Waals surface area contributed by atoms with Gasteiger partial charge in [-0.25, -0.2) is 9.97 Å². The molecule has 0 saturated carbocycles. The lowest BCUT2D eigenvalue weighted by molar-refractivity contribution is 0.336. The summed E-state index contributed by atoms with van der Waals surface area (Å²) in [6.07, 6.45) is 6.88. The molecule has 4 heterocycles. The van der Waals surface area contributed by atoms with E-state index in [1.165, 1.54) is 0 Å². The Hall–Kier alpha value is -4.20. The van der Waals surface area contributed by atoms with E-state index in [2.05, 4.69) is 39.3 Å². The first-order valence-corrected chi connectivity index (χ1v) is 10.4. The number of fused-ring (bicyclic) bond motifs is 1. The highest BCUT2D eigenvalue weighted by Crippen LogP contribution is 2.31. The number of benzene rings is 1. The molecule has 0 spiro atoms. The fourth-order valence-electron chi connectivity index (χ4n) is 3.46. The standard InChI is InChI=1S/C24H21N7O/c1-15(2)20(24-30-22(31-32-24)17-9-13-26-14-10-17)28-23-18-5-3-4-6-19(18)27-21(29-23)16-7-11-25-12-8-16/h3-15,20H,1-2H3,(H,27,28,29). The van der Waals surface area contributed by atoms with Crippen molar-refractivity contribution in [2.45, 2.75) is 19.9 Å². The number of aromatic nitrogens is 6. The van der Waals surface area contributed by atoms with Gasteiger partial charge < -0.3 is 9.84 Å². The van der Waals surface area contributed by atoms with Crippen LogP contribution in [0.15, 0.2) is 77.8 Å². The maximum absolute atomic E-state index is 5.65. The van der Waals surface area contributed by atoms with Gasteiger partial charge in [-0.2, -0.15) is 4.98 Å². The molecular formula is C24H21N7O. The summed E-state index contributed by atoms with van der Waals surface area (Å²) in [5.41, 5.74) is 2.60.